The second kappa shape index (κ2) is 9.40. The Morgan fingerprint density at radius 3 is 2.31 bits per heavy atom. The van der Waals surface area contributed by atoms with Crippen molar-refractivity contribution in [2.24, 2.45) is 0 Å². The van der Waals surface area contributed by atoms with Crippen LogP contribution >= 0.6 is 0 Å². The van der Waals surface area contributed by atoms with Gasteiger partial charge in [0.1, 0.15) is 12.7 Å². The van der Waals surface area contributed by atoms with Crippen molar-refractivity contribution in [2.45, 2.75) is 17.5 Å². The Bertz CT molecular complexity index is 1260. The third-order valence-electron chi connectivity index (χ3n) is 4.70. The molecule has 0 saturated carbocycles. The molecule has 2 aromatic heterocycles. The predicted octanol–water partition coefficient (Wildman–Crippen LogP) is 2.65. The first-order valence-electron chi connectivity index (χ1n) is 9.72. The molecule has 4 aromatic rings. The topological polar surface area (TPSA) is 119 Å². The number of rotatable bonds is 8. The summed E-state index contributed by atoms with van der Waals surface area (Å²) in [7, 11) is -3.78. The van der Waals surface area contributed by atoms with E-state index in [1.165, 1.54) is 43.0 Å². The average Bonchev–Trinajstić information content (AvgIpc) is 3.33. The first kappa shape index (κ1) is 21.2. The zero-order valence-corrected chi connectivity index (χ0v) is 17.7. The molecular formula is C22H20N6O3S. The van der Waals surface area contributed by atoms with Crippen molar-refractivity contribution in [1.82, 2.24) is 25.1 Å². The molecule has 2 N–H and O–H groups in total. The molecule has 10 heteroatoms. The highest BCUT2D eigenvalue weighted by molar-refractivity contribution is 7.92. The fourth-order valence-corrected chi connectivity index (χ4v) is 4.15. The first-order chi connectivity index (χ1) is 15.5. The van der Waals surface area contributed by atoms with Crippen molar-refractivity contribution in [2.75, 3.05) is 4.72 Å². The SMILES string of the molecule is O=C(NC(Cn1cncn1)c1ccccc1)c1ccc(S(=O)(=O)Nc2ccncc2)cc1. The van der Waals surface area contributed by atoms with Gasteiger partial charge >= 0.3 is 0 Å². The van der Waals surface area contributed by atoms with Gasteiger partial charge in [-0.05, 0) is 42.0 Å². The molecule has 0 spiro atoms. The molecule has 1 atom stereocenters. The summed E-state index contributed by atoms with van der Waals surface area (Å²) in [4.78, 5) is 20.7. The number of aromatic nitrogens is 4. The lowest BCUT2D eigenvalue weighted by molar-refractivity contribution is 0.0931. The average molecular weight is 449 g/mol. The minimum absolute atomic E-state index is 0.0492. The number of nitrogens with one attached hydrogen (secondary N) is 2. The molecule has 2 heterocycles. The second-order valence-corrected chi connectivity index (χ2v) is 8.60. The summed E-state index contributed by atoms with van der Waals surface area (Å²) >= 11 is 0. The van der Waals surface area contributed by atoms with E-state index in [4.69, 9.17) is 0 Å². The zero-order valence-electron chi connectivity index (χ0n) is 16.9. The summed E-state index contributed by atoms with van der Waals surface area (Å²) in [6.07, 6.45) is 6.00. The summed E-state index contributed by atoms with van der Waals surface area (Å²) in [5, 5.41) is 7.10. The maximum atomic E-state index is 12.9. The van der Waals surface area contributed by atoms with Gasteiger partial charge in [0.2, 0.25) is 0 Å². The summed E-state index contributed by atoms with van der Waals surface area (Å²) in [5.41, 5.74) is 1.66. The van der Waals surface area contributed by atoms with E-state index in [1.54, 1.807) is 23.1 Å². The van der Waals surface area contributed by atoms with Crippen molar-refractivity contribution >= 4 is 21.6 Å². The molecule has 9 nitrogen and oxygen atoms in total. The van der Waals surface area contributed by atoms with Crippen LogP contribution in [0.2, 0.25) is 0 Å². The largest absolute Gasteiger partial charge is 0.343 e. The fraction of sp³-hybridized carbons (Fsp3) is 0.0909. The Morgan fingerprint density at radius 1 is 0.938 bits per heavy atom. The van der Waals surface area contributed by atoms with Crippen LogP contribution in [0.1, 0.15) is 22.0 Å². The van der Waals surface area contributed by atoms with Crippen molar-refractivity contribution in [3.63, 3.8) is 0 Å². The minimum atomic E-state index is -3.78. The van der Waals surface area contributed by atoms with E-state index in [2.05, 4.69) is 25.1 Å². The molecule has 0 aliphatic rings. The molecule has 4 rings (SSSR count). The molecule has 162 valence electrons. The van der Waals surface area contributed by atoms with E-state index in [-0.39, 0.29) is 16.8 Å². The second-order valence-electron chi connectivity index (χ2n) is 6.92. The van der Waals surface area contributed by atoms with Gasteiger partial charge in [-0.1, -0.05) is 30.3 Å². The molecule has 2 aromatic carbocycles. The zero-order chi connectivity index (χ0) is 22.4. The number of nitrogens with zero attached hydrogens (tertiary/aromatic N) is 4. The Hall–Kier alpha value is -4.05. The lowest BCUT2D eigenvalue weighted by atomic mass is 10.1. The van der Waals surface area contributed by atoms with Gasteiger partial charge in [0, 0.05) is 18.0 Å². The van der Waals surface area contributed by atoms with Gasteiger partial charge in [-0.2, -0.15) is 5.10 Å². The number of anilines is 1. The van der Waals surface area contributed by atoms with Crippen LogP contribution in [0.4, 0.5) is 5.69 Å². The van der Waals surface area contributed by atoms with E-state index in [9.17, 15) is 13.2 Å². The Morgan fingerprint density at radius 2 is 1.66 bits per heavy atom. The highest BCUT2D eigenvalue weighted by atomic mass is 32.2. The molecule has 0 bridgehead atoms. The molecule has 0 aliphatic carbocycles. The van der Waals surface area contributed by atoms with E-state index < -0.39 is 10.0 Å². The fourth-order valence-electron chi connectivity index (χ4n) is 3.09. The van der Waals surface area contributed by atoms with Crippen LogP contribution in [0.5, 0.6) is 0 Å². The molecule has 1 amide bonds. The van der Waals surface area contributed by atoms with Gasteiger partial charge in [-0.3, -0.25) is 19.2 Å². The molecular weight excluding hydrogens is 428 g/mol. The first-order valence-corrected chi connectivity index (χ1v) is 11.2. The van der Waals surface area contributed by atoms with Gasteiger partial charge in [0.05, 0.1) is 23.2 Å². The summed E-state index contributed by atoms with van der Waals surface area (Å²) in [6, 6.07) is 18.0. The van der Waals surface area contributed by atoms with E-state index in [0.29, 0.717) is 17.8 Å². The number of hydrogen-bond acceptors (Lipinski definition) is 6. The van der Waals surface area contributed by atoms with Gasteiger partial charge in [0.25, 0.3) is 15.9 Å². The number of sulfonamides is 1. The standard InChI is InChI=1S/C22H20N6O3S/c29-22(26-21(14-28-16-24-15-25-28)17-4-2-1-3-5-17)18-6-8-20(9-7-18)32(30,31)27-19-10-12-23-13-11-19/h1-13,15-16,21H,14H2,(H,23,27)(H,26,29). The van der Waals surface area contributed by atoms with Gasteiger partial charge in [-0.15, -0.1) is 0 Å². The lowest BCUT2D eigenvalue weighted by Gasteiger charge is -2.19. The smallest absolute Gasteiger partial charge is 0.261 e. The van der Waals surface area contributed by atoms with Crippen LogP contribution in [-0.2, 0) is 16.6 Å². The van der Waals surface area contributed by atoms with Crippen LogP contribution in [0.25, 0.3) is 0 Å². The van der Waals surface area contributed by atoms with E-state index >= 15 is 0 Å². The summed E-state index contributed by atoms with van der Waals surface area (Å²) < 4.78 is 29.3. The number of benzene rings is 2. The lowest BCUT2D eigenvalue weighted by Crippen LogP contribution is -2.31. The molecule has 32 heavy (non-hydrogen) atoms. The van der Waals surface area contributed by atoms with Crippen LogP contribution in [-0.4, -0.2) is 34.1 Å². The highest BCUT2D eigenvalue weighted by Gasteiger charge is 2.19. The van der Waals surface area contributed by atoms with Crippen LogP contribution in [0.15, 0.2) is 96.7 Å². The van der Waals surface area contributed by atoms with Gasteiger partial charge in [-0.25, -0.2) is 13.4 Å². The number of carbonyl (C=O) groups is 1. The van der Waals surface area contributed by atoms with Crippen molar-refractivity contribution < 1.29 is 13.2 Å². The third-order valence-corrected chi connectivity index (χ3v) is 6.10. The number of hydrogen-bond donors (Lipinski definition) is 2. The molecule has 0 radical (unpaired) electrons. The van der Waals surface area contributed by atoms with Gasteiger partial charge < -0.3 is 5.32 Å². The van der Waals surface area contributed by atoms with Crippen molar-refractivity contribution in [1.29, 1.82) is 0 Å². The molecule has 0 saturated heterocycles. The molecule has 0 fully saturated rings. The predicted molar refractivity (Wildman–Crippen MR) is 118 cm³/mol. The van der Waals surface area contributed by atoms with Crippen LogP contribution in [0.3, 0.4) is 0 Å². The van der Waals surface area contributed by atoms with Crippen molar-refractivity contribution in [3.8, 4) is 0 Å². The van der Waals surface area contributed by atoms with Gasteiger partial charge in [0.15, 0.2) is 0 Å². The van der Waals surface area contributed by atoms with Crippen LogP contribution < -0.4 is 10.0 Å². The van der Waals surface area contributed by atoms with E-state index in [0.717, 1.165) is 5.56 Å². The minimum Gasteiger partial charge on any atom is -0.343 e. The quantitative estimate of drug-likeness (QED) is 0.428. The molecule has 0 aliphatic heterocycles. The number of carbonyl (C=O) groups excluding carboxylic acids is 1. The number of amides is 1. The Kier molecular flexibility index (Phi) is 6.22. The number of pyridine rings is 1. The highest BCUT2D eigenvalue weighted by Crippen LogP contribution is 2.18. The van der Waals surface area contributed by atoms with Crippen LogP contribution in [0, 0.1) is 0 Å². The van der Waals surface area contributed by atoms with E-state index in [1.807, 2.05) is 30.3 Å². The summed E-state index contributed by atoms with van der Waals surface area (Å²) in [6.45, 7) is 0.401. The Balaban J connectivity index is 1.49. The summed E-state index contributed by atoms with van der Waals surface area (Å²) in [5.74, 6) is -0.329. The third kappa shape index (κ3) is 5.16. The maximum absolute atomic E-state index is 12.9. The Labute approximate surface area is 185 Å². The molecule has 1 unspecified atom stereocenters. The monoisotopic (exact) mass is 448 g/mol. The normalized spacial score (nSPS) is 12.1. The maximum Gasteiger partial charge on any atom is 0.261 e. The van der Waals surface area contributed by atoms with Crippen molar-refractivity contribution in [3.05, 3.63) is 103 Å².